The van der Waals surface area contributed by atoms with Gasteiger partial charge >= 0.3 is 0 Å². The Hall–Kier alpha value is -0.660. The zero-order chi connectivity index (χ0) is 15.6. The van der Waals surface area contributed by atoms with Crippen molar-refractivity contribution in [1.82, 2.24) is 10.3 Å². The van der Waals surface area contributed by atoms with Crippen LogP contribution < -0.4 is 10.2 Å². The lowest BCUT2D eigenvalue weighted by Crippen LogP contribution is -2.40. The van der Waals surface area contributed by atoms with E-state index < -0.39 is 9.84 Å². The number of rotatable bonds is 5. The van der Waals surface area contributed by atoms with Crippen molar-refractivity contribution in [1.29, 1.82) is 0 Å². The molecule has 0 atom stereocenters. The SMILES string of the molecule is CC(C)NCc1sc(N2CCS(=O)(=O)CC2)nc1C(C)C. The lowest BCUT2D eigenvalue weighted by Gasteiger charge is -2.26. The molecular formula is C14H25N3O2S2. The molecule has 2 rings (SSSR count). The van der Waals surface area contributed by atoms with Gasteiger partial charge in [0.15, 0.2) is 15.0 Å². The fourth-order valence-corrected chi connectivity index (χ4v) is 4.68. The molecule has 5 nitrogen and oxygen atoms in total. The van der Waals surface area contributed by atoms with Crippen molar-refractivity contribution < 1.29 is 8.42 Å². The van der Waals surface area contributed by atoms with Crippen LogP contribution >= 0.6 is 11.3 Å². The maximum Gasteiger partial charge on any atom is 0.185 e. The number of hydrogen-bond donors (Lipinski definition) is 1. The van der Waals surface area contributed by atoms with Crippen LogP contribution in [0.5, 0.6) is 0 Å². The molecule has 1 aromatic rings. The highest BCUT2D eigenvalue weighted by molar-refractivity contribution is 7.91. The van der Waals surface area contributed by atoms with Gasteiger partial charge in [-0.1, -0.05) is 27.7 Å². The van der Waals surface area contributed by atoms with Crippen LogP contribution in [0.2, 0.25) is 0 Å². The average molecular weight is 332 g/mol. The summed E-state index contributed by atoms with van der Waals surface area (Å²) in [5.74, 6) is 0.860. The fraction of sp³-hybridized carbons (Fsp3) is 0.786. The standard InChI is InChI=1S/C14H25N3O2S2/c1-10(2)13-12(9-15-11(3)4)20-14(16-13)17-5-7-21(18,19)8-6-17/h10-11,15H,5-9H2,1-4H3. The Balaban J connectivity index is 2.15. The van der Waals surface area contributed by atoms with Crippen molar-refractivity contribution in [2.24, 2.45) is 0 Å². The molecule has 0 aliphatic carbocycles. The van der Waals surface area contributed by atoms with Crippen LogP contribution in [0.1, 0.15) is 44.2 Å². The molecule has 0 spiro atoms. The van der Waals surface area contributed by atoms with Crippen molar-refractivity contribution in [3.05, 3.63) is 10.6 Å². The molecule has 0 aromatic carbocycles. The second-order valence-electron chi connectivity index (χ2n) is 6.13. The number of hydrogen-bond acceptors (Lipinski definition) is 6. The molecule has 0 amide bonds. The van der Waals surface area contributed by atoms with Crippen LogP contribution in [0.25, 0.3) is 0 Å². The quantitative estimate of drug-likeness (QED) is 0.894. The summed E-state index contributed by atoms with van der Waals surface area (Å²) in [6.45, 7) is 10.5. The zero-order valence-electron chi connectivity index (χ0n) is 13.2. The molecule has 1 N–H and O–H groups in total. The Morgan fingerprint density at radius 1 is 1.24 bits per heavy atom. The second kappa shape index (κ2) is 6.62. The van der Waals surface area contributed by atoms with Gasteiger partial charge in [-0.25, -0.2) is 13.4 Å². The van der Waals surface area contributed by atoms with E-state index in [1.54, 1.807) is 11.3 Å². The van der Waals surface area contributed by atoms with Crippen LogP contribution in [0.3, 0.4) is 0 Å². The minimum atomic E-state index is -2.84. The van der Waals surface area contributed by atoms with Crippen molar-refractivity contribution in [2.45, 2.75) is 46.2 Å². The van der Waals surface area contributed by atoms with Crippen LogP contribution in [0.4, 0.5) is 5.13 Å². The van der Waals surface area contributed by atoms with Crippen molar-refractivity contribution in [2.75, 3.05) is 29.5 Å². The van der Waals surface area contributed by atoms with E-state index in [0.29, 0.717) is 25.0 Å². The van der Waals surface area contributed by atoms with Gasteiger partial charge in [0.2, 0.25) is 0 Å². The summed E-state index contributed by atoms with van der Waals surface area (Å²) < 4.78 is 23.1. The number of nitrogens with zero attached hydrogens (tertiary/aromatic N) is 2. The Morgan fingerprint density at radius 3 is 2.38 bits per heavy atom. The van der Waals surface area contributed by atoms with E-state index in [2.05, 4.69) is 37.9 Å². The summed E-state index contributed by atoms with van der Waals surface area (Å²) in [6, 6.07) is 0.440. The lowest BCUT2D eigenvalue weighted by atomic mass is 10.1. The molecule has 21 heavy (non-hydrogen) atoms. The monoisotopic (exact) mass is 331 g/mol. The summed E-state index contributed by atoms with van der Waals surface area (Å²) in [7, 11) is -2.84. The van der Waals surface area contributed by atoms with E-state index in [0.717, 1.165) is 17.4 Å². The molecule has 7 heteroatoms. The van der Waals surface area contributed by atoms with Crippen LogP contribution in [-0.4, -0.2) is 44.0 Å². The molecule has 0 radical (unpaired) electrons. The van der Waals surface area contributed by atoms with Gasteiger partial charge in [-0.2, -0.15) is 0 Å². The Labute approximate surface area is 131 Å². The molecule has 0 saturated carbocycles. The third kappa shape index (κ3) is 4.40. The molecule has 0 unspecified atom stereocenters. The first kappa shape index (κ1) is 16.7. The number of thiazole rings is 1. The molecule has 1 aliphatic rings. The van der Waals surface area contributed by atoms with Gasteiger partial charge in [0.25, 0.3) is 0 Å². The fourth-order valence-electron chi connectivity index (χ4n) is 2.26. The maximum atomic E-state index is 11.5. The van der Waals surface area contributed by atoms with E-state index in [-0.39, 0.29) is 11.5 Å². The summed E-state index contributed by atoms with van der Waals surface area (Å²) in [4.78, 5) is 8.14. The minimum absolute atomic E-state index is 0.239. The number of anilines is 1. The van der Waals surface area contributed by atoms with Gasteiger partial charge in [-0.05, 0) is 5.92 Å². The van der Waals surface area contributed by atoms with Gasteiger partial charge in [0.1, 0.15) is 0 Å². The number of aromatic nitrogens is 1. The van der Waals surface area contributed by atoms with Crippen LogP contribution in [0, 0.1) is 0 Å². The molecule has 2 heterocycles. The Morgan fingerprint density at radius 2 is 1.86 bits per heavy atom. The highest BCUT2D eigenvalue weighted by Gasteiger charge is 2.25. The van der Waals surface area contributed by atoms with Gasteiger partial charge in [-0.15, -0.1) is 11.3 Å². The summed E-state index contributed by atoms with van der Waals surface area (Å²) in [5, 5.41) is 4.41. The van der Waals surface area contributed by atoms with E-state index in [4.69, 9.17) is 4.98 Å². The first-order valence-corrected chi connectivity index (χ1v) is 10.1. The summed E-state index contributed by atoms with van der Waals surface area (Å²) >= 11 is 1.69. The summed E-state index contributed by atoms with van der Waals surface area (Å²) in [6.07, 6.45) is 0. The number of nitrogens with one attached hydrogen (secondary N) is 1. The predicted molar refractivity (Wildman–Crippen MR) is 89.0 cm³/mol. The van der Waals surface area contributed by atoms with Crippen molar-refractivity contribution in [3.8, 4) is 0 Å². The van der Waals surface area contributed by atoms with E-state index in [9.17, 15) is 8.42 Å². The molecule has 1 saturated heterocycles. The Bertz CT molecular complexity index is 565. The van der Waals surface area contributed by atoms with Crippen LogP contribution in [0.15, 0.2) is 0 Å². The molecule has 120 valence electrons. The lowest BCUT2D eigenvalue weighted by molar-refractivity contribution is 0.586. The third-order valence-electron chi connectivity index (χ3n) is 3.55. The van der Waals surface area contributed by atoms with Crippen LogP contribution in [-0.2, 0) is 16.4 Å². The van der Waals surface area contributed by atoms with E-state index >= 15 is 0 Å². The normalized spacial score (nSPS) is 18.7. The number of sulfone groups is 1. The highest BCUT2D eigenvalue weighted by Crippen LogP contribution is 2.31. The molecule has 1 aliphatic heterocycles. The third-order valence-corrected chi connectivity index (χ3v) is 6.29. The molecule has 1 fully saturated rings. The van der Waals surface area contributed by atoms with Gasteiger partial charge < -0.3 is 10.2 Å². The predicted octanol–water partition coefficient (Wildman–Crippen LogP) is 2.00. The van der Waals surface area contributed by atoms with Crippen molar-refractivity contribution in [3.63, 3.8) is 0 Å². The minimum Gasteiger partial charge on any atom is -0.346 e. The first-order chi connectivity index (χ1) is 9.78. The van der Waals surface area contributed by atoms with Gasteiger partial charge in [0, 0.05) is 30.6 Å². The maximum absolute atomic E-state index is 11.5. The first-order valence-electron chi connectivity index (χ1n) is 7.47. The smallest absolute Gasteiger partial charge is 0.185 e. The topological polar surface area (TPSA) is 62.3 Å². The van der Waals surface area contributed by atoms with E-state index in [1.807, 2.05) is 0 Å². The molecule has 0 bridgehead atoms. The highest BCUT2D eigenvalue weighted by atomic mass is 32.2. The average Bonchev–Trinajstić information content (AvgIpc) is 2.80. The zero-order valence-corrected chi connectivity index (χ0v) is 14.9. The second-order valence-corrected chi connectivity index (χ2v) is 9.50. The van der Waals surface area contributed by atoms with Crippen molar-refractivity contribution >= 4 is 26.3 Å². The molecule has 1 aromatic heterocycles. The van der Waals surface area contributed by atoms with E-state index in [1.165, 1.54) is 4.88 Å². The largest absolute Gasteiger partial charge is 0.346 e. The van der Waals surface area contributed by atoms with Gasteiger partial charge in [-0.3, -0.25) is 0 Å². The Kier molecular flexibility index (Phi) is 5.27. The van der Waals surface area contributed by atoms with Gasteiger partial charge in [0.05, 0.1) is 17.2 Å². The summed E-state index contributed by atoms with van der Waals surface area (Å²) in [5.41, 5.74) is 1.14. The molecular weight excluding hydrogens is 306 g/mol.